The molecular weight excluding hydrogens is 468 g/mol. The van der Waals surface area contributed by atoms with Gasteiger partial charge in [0.25, 0.3) is 11.8 Å². The molecule has 0 aliphatic carbocycles. The Morgan fingerprint density at radius 1 is 1.17 bits per heavy atom. The van der Waals surface area contributed by atoms with E-state index in [9.17, 15) is 14.4 Å². The summed E-state index contributed by atoms with van der Waals surface area (Å²) in [6, 6.07) is 9.75. The maximum absolute atomic E-state index is 13.4. The van der Waals surface area contributed by atoms with Gasteiger partial charge in [-0.15, -0.1) is 0 Å². The molecule has 2 unspecified atom stereocenters. The van der Waals surface area contributed by atoms with Gasteiger partial charge in [-0.25, -0.2) is 9.80 Å². The number of amides is 4. The Hall–Kier alpha value is -3.13. The first-order valence-corrected chi connectivity index (χ1v) is 12.5. The van der Waals surface area contributed by atoms with Crippen LogP contribution in [0.25, 0.3) is 0 Å². The number of urea groups is 1. The number of hydrogen-bond acceptors (Lipinski definition) is 5. The fraction of sp³-hybridized carbons (Fsp3) is 0.462. The molecule has 1 saturated heterocycles. The minimum absolute atomic E-state index is 0.373. The van der Waals surface area contributed by atoms with Crippen LogP contribution in [0.15, 0.2) is 52.2 Å². The Kier molecular flexibility index (Phi) is 7.60. The van der Waals surface area contributed by atoms with Crippen molar-refractivity contribution in [1.82, 2.24) is 15.2 Å². The van der Waals surface area contributed by atoms with E-state index in [1.54, 1.807) is 37.5 Å². The van der Waals surface area contributed by atoms with Crippen molar-refractivity contribution in [3.63, 3.8) is 0 Å². The van der Waals surface area contributed by atoms with E-state index in [2.05, 4.69) is 17.3 Å². The molecule has 0 spiro atoms. The van der Waals surface area contributed by atoms with Gasteiger partial charge in [0, 0.05) is 11.4 Å². The van der Waals surface area contributed by atoms with Crippen molar-refractivity contribution in [2.75, 3.05) is 6.54 Å². The average Bonchev–Trinajstić information content (AvgIpc) is 3.56. The second-order valence-corrected chi connectivity index (χ2v) is 9.78. The molecule has 1 aromatic carbocycles. The van der Waals surface area contributed by atoms with Crippen LogP contribution in [0, 0.1) is 0 Å². The summed E-state index contributed by atoms with van der Waals surface area (Å²) in [7, 11) is 0. The molecular formula is C26H31ClN4O4. The molecule has 4 rings (SSSR count). The third-order valence-corrected chi connectivity index (χ3v) is 6.89. The van der Waals surface area contributed by atoms with Crippen LogP contribution in [0.1, 0.15) is 76.2 Å². The van der Waals surface area contributed by atoms with Gasteiger partial charge in [0.1, 0.15) is 23.9 Å². The van der Waals surface area contributed by atoms with E-state index in [4.69, 9.17) is 16.0 Å². The Morgan fingerprint density at radius 2 is 1.91 bits per heavy atom. The molecule has 1 aromatic heterocycles. The van der Waals surface area contributed by atoms with Crippen LogP contribution in [0.2, 0.25) is 5.02 Å². The fourth-order valence-electron chi connectivity index (χ4n) is 4.61. The smallest absolute Gasteiger partial charge is 0.325 e. The zero-order valence-electron chi connectivity index (χ0n) is 20.1. The summed E-state index contributed by atoms with van der Waals surface area (Å²) in [5.74, 6) is -0.242. The lowest BCUT2D eigenvalue weighted by atomic mass is 9.94. The summed E-state index contributed by atoms with van der Waals surface area (Å²) in [6.07, 6.45) is 7.77. The van der Waals surface area contributed by atoms with Crippen LogP contribution in [-0.2, 0) is 9.59 Å². The first-order valence-electron chi connectivity index (χ1n) is 12.2. The van der Waals surface area contributed by atoms with Gasteiger partial charge in [-0.1, -0.05) is 62.8 Å². The lowest BCUT2D eigenvalue weighted by molar-refractivity contribution is -0.140. The topological polar surface area (TPSA) is 95.2 Å². The summed E-state index contributed by atoms with van der Waals surface area (Å²) in [5.41, 5.74) is 0.546. The van der Waals surface area contributed by atoms with Crippen molar-refractivity contribution >= 4 is 35.2 Å². The van der Waals surface area contributed by atoms with Gasteiger partial charge in [-0.2, -0.15) is 5.10 Å². The van der Waals surface area contributed by atoms with Crippen molar-refractivity contribution in [2.24, 2.45) is 5.10 Å². The van der Waals surface area contributed by atoms with E-state index >= 15 is 0 Å². The van der Waals surface area contributed by atoms with E-state index in [0.29, 0.717) is 29.3 Å². The number of furan rings is 1. The molecule has 2 aliphatic rings. The van der Waals surface area contributed by atoms with Crippen LogP contribution in [0.5, 0.6) is 0 Å². The van der Waals surface area contributed by atoms with E-state index < -0.39 is 23.5 Å². The summed E-state index contributed by atoms with van der Waals surface area (Å²) < 4.78 is 5.57. The SMILES string of the molecule is CCCCCCCC1(C)NC(=O)N(CC(=O)N2N=C(c3ccc(Cl)cc3)CC2c2ccco2)C1=O. The summed E-state index contributed by atoms with van der Waals surface area (Å²) >= 11 is 6.01. The molecule has 186 valence electrons. The van der Waals surface area contributed by atoms with Gasteiger partial charge in [-0.05, 0) is 43.2 Å². The predicted molar refractivity (Wildman–Crippen MR) is 133 cm³/mol. The highest BCUT2D eigenvalue weighted by Gasteiger charge is 2.48. The molecule has 2 atom stereocenters. The van der Waals surface area contributed by atoms with Crippen LogP contribution in [0.4, 0.5) is 4.79 Å². The Balaban J connectivity index is 1.48. The highest BCUT2D eigenvalue weighted by atomic mass is 35.5. The molecule has 2 aromatic rings. The molecule has 3 heterocycles. The van der Waals surface area contributed by atoms with Crippen LogP contribution < -0.4 is 5.32 Å². The van der Waals surface area contributed by atoms with Crippen molar-refractivity contribution in [2.45, 2.75) is 70.4 Å². The van der Waals surface area contributed by atoms with Gasteiger partial charge in [0.15, 0.2) is 0 Å². The lowest BCUT2D eigenvalue weighted by Gasteiger charge is -2.23. The third kappa shape index (κ3) is 5.42. The van der Waals surface area contributed by atoms with E-state index in [1.165, 1.54) is 5.01 Å². The average molecular weight is 499 g/mol. The zero-order valence-corrected chi connectivity index (χ0v) is 20.9. The highest BCUT2D eigenvalue weighted by molar-refractivity contribution is 6.30. The Morgan fingerprint density at radius 3 is 2.60 bits per heavy atom. The number of rotatable bonds is 10. The highest BCUT2D eigenvalue weighted by Crippen LogP contribution is 2.34. The van der Waals surface area contributed by atoms with Gasteiger partial charge >= 0.3 is 6.03 Å². The molecule has 4 amide bonds. The second-order valence-electron chi connectivity index (χ2n) is 9.35. The fourth-order valence-corrected chi connectivity index (χ4v) is 4.74. The number of carbonyl (C=O) groups is 3. The maximum Gasteiger partial charge on any atom is 0.325 e. The minimum Gasteiger partial charge on any atom is -0.467 e. The number of unbranched alkanes of at least 4 members (excludes halogenated alkanes) is 4. The molecule has 1 N–H and O–H groups in total. The lowest BCUT2D eigenvalue weighted by Crippen LogP contribution is -2.45. The summed E-state index contributed by atoms with van der Waals surface area (Å²) in [5, 5.41) is 9.28. The number of imide groups is 1. The minimum atomic E-state index is -0.993. The third-order valence-electron chi connectivity index (χ3n) is 6.63. The molecule has 0 bridgehead atoms. The summed E-state index contributed by atoms with van der Waals surface area (Å²) in [6.45, 7) is 3.50. The van der Waals surface area contributed by atoms with E-state index in [1.807, 2.05) is 12.1 Å². The quantitative estimate of drug-likeness (QED) is 0.356. The van der Waals surface area contributed by atoms with Crippen molar-refractivity contribution in [3.05, 3.63) is 59.0 Å². The van der Waals surface area contributed by atoms with Crippen LogP contribution in [-0.4, -0.2) is 45.5 Å². The van der Waals surface area contributed by atoms with Gasteiger partial charge in [0.05, 0.1) is 12.0 Å². The van der Waals surface area contributed by atoms with Gasteiger partial charge in [-0.3, -0.25) is 14.5 Å². The molecule has 0 radical (unpaired) electrons. The number of carbonyl (C=O) groups excluding carboxylic acids is 3. The zero-order chi connectivity index (χ0) is 25.0. The largest absolute Gasteiger partial charge is 0.467 e. The Labute approximate surface area is 210 Å². The standard InChI is InChI=1S/C26H31ClN4O4/c1-3-4-5-6-7-14-26(2)24(33)30(25(34)28-26)17-23(32)31-21(22-9-8-15-35-22)16-20(29-31)18-10-12-19(27)13-11-18/h8-13,15,21H,3-7,14,16-17H2,1-2H3,(H,28,34). The molecule has 2 aliphatic heterocycles. The van der Waals surface area contributed by atoms with Crippen molar-refractivity contribution in [3.8, 4) is 0 Å². The number of halogens is 1. The predicted octanol–water partition coefficient (Wildman–Crippen LogP) is 5.28. The number of benzene rings is 1. The van der Waals surface area contributed by atoms with Crippen molar-refractivity contribution < 1.29 is 18.8 Å². The summed E-state index contributed by atoms with van der Waals surface area (Å²) in [4.78, 5) is 40.2. The molecule has 1 fully saturated rings. The van der Waals surface area contributed by atoms with Gasteiger partial charge in [0.2, 0.25) is 0 Å². The van der Waals surface area contributed by atoms with Gasteiger partial charge < -0.3 is 9.73 Å². The molecule has 9 heteroatoms. The number of hydrazone groups is 1. The van der Waals surface area contributed by atoms with Crippen molar-refractivity contribution in [1.29, 1.82) is 0 Å². The maximum atomic E-state index is 13.4. The van der Waals surface area contributed by atoms with Crippen LogP contribution in [0.3, 0.4) is 0 Å². The van der Waals surface area contributed by atoms with Crippen LogP contribution >= 0.6 is 11.6 Å². The normalized spacial score (nSPS) is 22.0. The van der Waals surface area contributed by atoms with E-state index in [-0.39, 0.29) is 12.5 Å². The Bertz CT molecular complexity index is 1100. The number of nitrogens with zero attached hydrogens (tertiary/aromatic N) is 3. The molecule has 0 saturated carbocycles. The monoisotopic (exact) mass is 498 g/mol. The first kappa shape index (κ1) is 25.0. The first-order chi connectivity index (χ1) is 16.8. The molecule has 35 heavy (non-hydrogen) atoms. The van der Waals surface area contributed by atoms with E-state index in [0.717, 1.165) is 42.6 Å². The second kappa shape index (κ2) is 10.6. The molecule has 8 nitrogen and oxygen atoms in total. The number of nitrogens with one attached hydrogen (secondary N) is 1. The number of hydrogen-bond donors (Lipinski definition) is 1.